The molecule has 1 N–H and O–H groups in total. The lowest BCUT2D eigenvalue weighted by Crippen LogP contribution is -2.10. The molecule has 4 nitrogen and oxygen atoms in total. The molecule has 0 aliphatic heterocycles. The number of carbonyl (C=O) groups is 1. The van der Waals surface area contributed by atoms with Crippen molar-refractivity contribution in [1.82, 2.24) is 4.98 Å². The topological polar surface area (TPSA) is 65.9 Å². The van der Waals surface area contributed by atoms with Crippen LogP contribution >= 0.6 is 0 Å². The zero-order valence-corrected chi connectivity index (χ0v) is 16.8. The minimum absolute atomic E-state index is 0.319. The van der Waals surface area contributed by atoms with Gasteiger partial charge in [-0.15, -0.1) is 0 Å². The van der Waals surface area contributed by atoms with E-state index < -0.39 is 0 Å². The number of nitrogens with zero attached hydrogens (tertiary/aromatic N) is 1. The Morgan fingerprint density at radius 1 is 1.00 bits per heavy atom. The van der Waals surface area contributed by atoms with E-state index in [1.54, 1.807) is 6.07 Å². The summed E-state index contributed by atoms with van der Waals surface area (Å²) in [5.74, 6) is -0.319. The maximum atomic E-state index is 12.8. The lowest BCUT2D eigenvalue weighted by molar-refractivity contribution is 0.0524. The van der Waals surface area contributed by atoms with E-state index in [2.05, 4.69) is 35.3 Å². The maximum absolute atomic E-state index is 12.8. The van der Waals surface area contributed by atoms with Crippen molar-refractivity contribution in [3.8, 4) is 6.07 Å². The molecule has 4 aromatic rings. The number of aromatic nitrogens is 1. The Bertz CT molecular complexity index is 1240. The third-order valence-corrected chi connectivity index (χ3v) is 5.22. The summed E-state index contributed by atoms with van der Waals surface area (Å²) in [4.78, 5) is 16.1. The number of nitriles is 1. The predicted molar refractivity (Wildman–Crippen MR) is 117 cm³/mol. The van der Waals surface area contributed by atoms with Crippen LogP contribution in [0.5, 0.6) is 0 Å². The van der Waals surface area contributed by atoms with Gasteiger partial charge < -0.3 is 9.72 Å². The lowest BCUT2D eigenvalue weighted by Gasteiger charge is -2.10. The zero-order valence-electron chi connectivity index (χ0n) is 16.8. The van der Waals surface area contributed by atoms with Crippen LogP contribution in [0, 0.1) is 11.3 Å². The van der Waals surface area contributed by atoms with Crippen LogP contribution in [-0.4, -0.2) is 17.6 Å². The quantitative estimate of drug-likeness (QED) is 0.445. The highest BCUT2D eigenvalue weighted by molar-refractivity contribution is 5.93. The first-order valence-electron chi connectivity index (χ1n) is 10.0. The van der Waals surface area contributed by atoms with Crippen LogP contribution in [-0.2, 0) is 17.6 Å². The van der Waals surface area contributed by atoms with Gasteiger partial charge in [-0.2, -0.15) is 5.26 Å². The summed E-state index contributed by atoms with van der Waals surface area (Å²) < 4.78 is 5.36. The molecular weight excluding hydrogens is 372 g/mol. The number of ether oxygens (including phenoxy) is 1. The van der Waals surface area contributed by atoms with Gasteiger partial charge in [0.05, 0.1) is 23.8 Å². The van der Waals surface area contributed by atoms with Crippen LogP contribution in [0.4, 0.5) is 0 Å². The molecule has 0 aliphatic rings. The number of nitrogens with one attached hydrogen (secondary N) is 1. The van der Waals surface area contributed by atoms with Crippen LogP contribution in [0.25, 0.3) is 10.8 Å². The van der Waals surface area contributed by atoms with Crippen LogP contribution in [0.3, 0.4) is 0 Å². The Labute approximate surface area is 175 Å². The molecule has 1 heterocycles. The van der Waals surface area contributed by atoms with E-state index in [9.17, 15) is 4.79 Å². The molecule has 148 valence electrons. The number of aromatic amines is 1. The van der Waals surface area contributed by atoms with Gasteiger partial charge in [0.1, 0.15) is 0 Å². The fourth-order valence-electron chi connectivity index (χ4n) is 3.86. The first-order chi connectivity index (χ1) is 14.7. The van der Waals surface area contributed by atoms with Crippen LogP contribution < -0.4 is 0 Å². The molecule has 4 heteroatoms. The van der Waals surface area contributed by atoms with Crippen molar-refractivity contribution in [2.75, 3.05) is 6.61 Å². The molecule has 0 saturated heterocycles. The smallest absolute Gasteiger partial charge is 0.340 e. The summed E-state index contributed by atoms with van der Waals surface area (Å²) in [6.45, 7) is 2.13. The number of fused-ring (bicyclic) bond motifs is 1. The average Bonchev–Trinajstić information content (AvgIpc) is 3.16. The SMILES string of the molecule is CCOC(=O)c1c(Cc2cccc(C#N)c2)c[nH]c1Cc1cccc2ccccc12. The second kappa shape index (κ2) is 8.67. The molecule has 4 rings (SSSR count). The number of esters is 1. The Hall–Kier alpha value is -3.84. The average molecular weight is 394 g/mol. The van der Waals surface area contributed by atoms with Gasteiger partial charge in [0.15, 0.2) is 0 Å². The largest absolute Gasteiger partial charge is 0.462 e. The fraction of sp³-hybridized carbons (Fsp3) is 0.154. The van der Waals surface area contributed by atoms with Crippen molar-refractivity contribution in [2.24, 2.45) is 0 Å². The van der Waals surface area contributed by atoms with Gasteiger partial charge in [0.25, 0.3) is 0 Å². The Morgan fingerprint density at radius 2 is 1.80 bits per heavy atom. The van der Waals surface area contributed by atoms with Crippen molar-refractivity contribution < 1.29 is 9.53 Å². The monoisotopic (exact) mass is 394 g/mol. The second-order valence-corrected chi connectivity index (χ2v) is 7.19. The number of benzene rings is 3. The highest BCUT2D eigenvalue weighted by Gasteiger charge is 2.21. The van der Waals surface area contributed by atoms with Crippen LogP contribution in [0.1, 0.15) is 45.2 Å². The van der Waals surface area contributed by atoms with Gasteiger partial charge in [-0.25, -0.2) is 4.79 Å². The number of hydrogen-bond donors (Lipinski definition) is 1. The number of H-pyrrole nitrogens is 1. The number of rotatable bonds is 6. The molecule has 0 aliphatic carbocycles. The van der Waals surface area contributed by atoms with Crippen molar-refractivity contribution in [3.63, 3.8) is 0 Å². The summed E-state index contributed by atoms with van der Waals surface area (Å²) in [6, 6.07) is 24.1. The van der Waals surface area contributed by atoms with Gasteiger partial charge in [-0.3, -0.25) is 0 Å². The van der Waals surface area contributed by atoms with Crippen molar-refractivity contribution >= 4 is 16.7 Å². The van der Waals surface area contributed by atoms with Gasteiger partial charge in [0.2, 0.25) is 0 Å². The maximum Gasteiger partial charge on any atom is 0.340 e. The van der Waals surface area contributed by atoms with Crippen molar-refractivity contribution in [2.45, 2.75) is 19.8 Å². The number of hydrogen-bond acceptors (Lipinski definition) is 3. The van der Waals surface area contributed by atoms with Gasteiger partial charge >= 0.3 is 5.97 Å². The summed E-state index contributed by atoms with van der Waals surface area (Å²) in [7, 11) is 0. The van der Waals surface area contributed by atoms with Gasteiger partial charge in [0, 0.05) is 18.3 Å². The molecule has 0 bridgehead atoms. The molecule has 1 aromatic heterocycles. The van der Waals surface area contributed by atoms with E-state index in [1.165, 1.54) is 10.8 Å². The summed E-state index contributed by atoms with van der Waals surface area (Å²) in [5.41, 5.74) is 5.05. The van der Waals surface area contributed by atoms with Gasteiger partial charge in [-0.1, -0.05) is 54.6 Å². The Kier molecular flexibility index (Phi) is 5.63. The summed E-state index contributed by atoms with van der Waals surface area (Å²) >= 11 is 0. The Morgan fingerprint density at radius 3 is 2.63 bits per heavy atom. The highest BCUT2D eigenvalue weighted by atomic mass is 16.5. The molecule has 0 unspecified atom stereocenters. The van der Waals surface area contributed by atoms with E-state index in [1.807, 2.05) is 49.5 Å². The standard InChI is InChI=1S/C26H22N2O2/c1-2-30-26(29)25-22(14-18-7-5-8-19(13-18)16-27)17-28-24(25)15-21-11-6-10-20-9-3-4-12-23(20)21/h3-13,17,28H,2,14-15H2,1H3. The molecule has 0 atom stereocenters. The molecular formula is C26H22N2O2. The van der Waals surface area contributed by atoms with Crippen molar-refractivity contribution in [3.05, 3.63) is 106 Å². The summed E-state index contributed by atoms with van der Waals surface area (Å²) in [6.07, 6.45) is 3.04. The van der Waals surface area contributed by atoms with Gasteiger partial charge in [-0.05, 0) is 52.9 Å². The van der Waals surface area contributed by atoms with E-state index in [-0.39, 0.29) is 5.97 Å². The first-order valence-corrected chi connectivity index (χ1v) is 10.0. The lowest BCUT2D eigenvalue weighted by atomic mass is 9.97. The first kappa shape index (κ1) is 19.5. The third-order valence-electron chi connectivity index (χ3n) is 5.22. The summed E-state index contributed by atoms with van der Waals surface area (Å²) in [5, 5.41) is 11.5. The minimum atomic E-state index is -0.319. The molecule has 0 fully saturated rings. The number of carbonyl (C=O) groups excluding carboxylic acids is 1. The van der Waals surface area contributed by atoms with E-state index in [0.29, 0.717) is 30.6 Å². The minimum Gasteiger partial charge on any atom is -0.462 e. The fourth-order valence-corrected chi connectivity index (χ4v) is 3.86. The molecule has 3 aromatic carbocycles. The predicted octanol–water partition coefficient (Wildman–Crippen LogP) is 5.40. The zero-order chi connectivity index (χ0) is 20.9. The molecule has 30 heavy (non-hydrogen) atoms. The van der Waals surface area contributed by atoms with Crippen LogP contribution in [0.15, 0.2) is 72.9 Å². The molecule has 0 spiro atoms. The van der Waals surface area contributed by atoms with Crippen LogP contribution in [0.2, 0.25) is 0 Å². The molecule has 0 saturated carbocycles. The highest BCUT2D eigenvalue weighted by Crippen LogP contribution is 2.26. The molecule has 0 radical (unpaired) electrons. The molecule has 0 amide bonds. The van der Waals surface area contributed by atoms with Crippen molar-refractivity contribution in [1.29, 1.82) is 5.26 Å². The van der Waals surface area contributed by atoms with E-state index in [0.717, 1.165) is 22.4 Å². The van der Waals surface area contributed by atoms with E-state index >= 15 is 0 Å². The third kappa shape index (κ3) is 3.97. The Balaban J connectivity index is 1.73. The van der Waals surface area contributed by atoms with E-state index in [4.69, 9.17) is 10.00 Å². The normalized spacial score (nSPS) is 10.7. The second-order valence-electron chi connectivity index (χ2n) is 7.19.